The van der Waals surface area contributed by atoms with Crippen LogP contribution in [0.1, 0.15) is 45.0 Å². The van der Waals surface area contributed by atoms with Gasteiger partial charge in [0.1, 0.15) is 17.1 Å². The second-order valence-corrected chi connectivity index (χ2v) is 6.78. The lowest BCUT2D eigenvalue weighted by molar-refractivity contribution is 0.119. The molecular weight excluding hydrogens is 294 g/mol. The van der Waals surface area contributed by atoms with Crippen LogP contribution in [0.5, 0.6) is 11.5 Å². The molecule has 0 N–H and O–H groups in total. The first-order valence-corrected chi connectivity index (χ1v) is 7.82. The summed E-state index contributed by atoms with van der Waals surface area (Å²) in [4.78, 5) is 6.58. The molecule has 6 nitrogen and oxygen atoms in total. The fourth-order valence-corrected chi connectivity index (χ4v) is 2.66. The van der Waals surface area contributed by atoms with E-state index < -0.39 is 0 Å². The highest BCUT2D eigenvalue weighted by Crippen LogP contribution is 2.34. The van der Waals surface area contributed by atoms with E-state index in [9.17, 15) is 0 Å². The lowest BCUT2D eigenvalue weighted by Crippen LogP contribution is -2.40. The lowest BCUT2D eigenvalue weighted by atomic mass is 10.1. The summed E-state index contributed by atoms with van der Waals surface area (Å²) >= 11 is 0. The summed E-state index contributed by atoms with van der Waals surface area (Å²) in [6.45, 7) is 9.51. The second-order valence-electron chi connectivity index (χ2n) is 6.78. The Morgan fingerprint density at radius 2 is 2.09 bits per heavy atom. The summed E-state index contributed by atoms with van der Waals surface area (Å²) in [6.07, 6.45) is 0. The van der Waals surface area contributed by atoms with E-state index in [1.807, 2.05) is 45.9 Å². The number of ether oxygens (including phenoxy) is 2. The normalized spacial score (nSPS) is 16.7. The number of hydrogen-bond acceptors (Lipinski definition) is 6. The highest BCUT2D eigenvalue weighted by molar-refractivity contribution is 5.45. The minimum Gasteiger partial charge on any atom is -0.497 e. The molecule has 1 aromatic carbocycles. The standard InChI is InChI=1S/C17H23N3O3/c1-11(2)15-18-16(23-19-15)20-9-12-6-7-13(21-5)8-14(12)22-17(3,4)10-20/h6-8,11H,9-10H2,1-5H3. The Labute approximate surface area is 136 Å². The van der Waals surface area contributed by atoms with Crippen LogP contribution in [0.15, 0.2) is 22.7 Å². The first-order valence-electron chi connectivity index (χ1n) is 7.82. The van der Waals surface area contributed by atoms with E-state index in [4.69, 9.17) is 14.0 Å². The van der Waals surface area contributed by atoms with Crippen molar-refractivity contribution in [2.75, 3.05) is 18.6 Å². The Morgan fingerprint density at radius 3 is 2.74 bits per heavy atom. The summed E-state index contributed by atoms with van der Waals surface area (Å²) < 4.78 is 16.9. The Bertz CT molecular complexity index is 694. The van der Waals surface area contributed by atoms with Crippen LogP contribution in [0.3, 0.4) is 0 Å². The van der Waals surface area contributed by atoms with Crippen molar-refractivity contribution in [1.82, 2.24) is 10.1 Å². The third-order valence-electron chi connectivity index (χ3n) is 3.81. The molecule has 0 unspecified atom stereocenters. The Morgan fingerprint density at radius 1 is 1.30 bits per heavy atom. The lowest BCUT2D eigenvalue weighted by Gasteiger charge is -2.28. The van der Waals surface area contributed by atoms with Gasteiger partial charge in [-0.25, -0.2) is 0 Å². The third kappa shape index (κ3) is 3.25. The fraction of sp³-hybridized carbons (Fsp3) is 0.529. The molecule has 0 spiro atoms. The Hall–Kier alpha value is -2.24. The van der Waals surface area contributed by atoms with Crippen molar-refractivity contribution in [2.24, 2.45) is 0 Å². The SMILES string of the molecule is COc1ccc2c(c1)OC(C)(C)CN(c1nc(C(C)C)no1)C2. The van der Waals surface area contributed by atoms with Gasteiger partial charge in [-0.3, -0.25) is 0 Å². The molecule has 2 heterocycles. The Kier molecular flexibility index (Phi) is 3.92. The highest BCUT2D eigenvalue weighted by atomic mass is 16.5. The van der Waals surface area contributed by atoms with E-state index in [0.717, 1.165) is 22.9 Å². The van der Waals surface area contributed by atoms with E-state index in [-0.39, 0.29) is 11.5 Å². The van der Waals surface area contributed by atoms with E-state index in [1.165, 1.54) is 0 Å². The molecule has 6 heteroatoms. The van der Waals surface area contributed by atoms with Crippen molar-refractivity contribution in [3.8, 4) is 11.5 Å². The molecular formula is C17H23N3O3. The summed E-state index contributed by atoms with van der Waals surface area (Å²) in [6, 6.07) is 6.41. The third-order valence-corrected chi connectivity index (χ3v) is 3.81. The van der Waals surface area contributed by atoms with Gasteiger partial charge < -0.3 is 18.9 Å². The molecule has 0 amide bonds. The molecule has 0 aliphatic carbocycles. The van der Waals surface area contributed by atoms with Crippen molar-refractivity contribution in [1.29, 1.82) is 0 Å². The number of rotatable bonds is 3. The molecule has 23 heavy (non-hydrogen) atoms. The van der Waals surface area contributed by atoms with Gasteiger partial charge >= 0.3 is 6.01 Å². The number of anilines is 1. The minimum absolute atomic E-state index is 0.236. The number of nitrogens with zero attached hydrogens (tertiary/aromatic N) is 3. The van der Waals surface area contributed by atoms with Crippen LogP contribution in [0.25, 0.3) is 0 Å². The van der Waals surface area contributed by atoms with Crippen molar-refractivity contribution in [3.63, 3.8) is 0 Å². The van der Waals surface area contributed by atoms with Gasteiger partial charge in [0.2, 0.25) is 0 Å². The zero-order valence-electron chi connectivity index (χ0n) is 14.3. The molecule has 0 fully saturated rings. The van der Waals surface area contributed by atoms with Crippen LogP contribution in [-0.4, -0.2) is 29.4 Å². The molecule has 1 aliphatic rings. The van der Waals surface area contributed by atoms with Crippen LogP contribution in [0.2, 0.25) is 0 Å². The molecule has 1 aliphatic heterocycles. The maximum absolute atomic E-state index is 6.18. The number of fused-ring (bicyclic) bond motifs is 1. The molecule has 1 aromatic heterocycles. The number of hydrogen-bond donors (Lipinski definition) is 0. The van der Waals surface area contributed by atoms with Crippen molar-refractivity contribution >= 4 is 6.01 Å². The fourth-order valence-electron chi connectivity index (χ4n) is 2.66. The van der Waals surface area contributed by atoms with Crippen LogP contribution >= 0.6 is 0 Å². The molecule has 124 valence electrons. The van der Waals surface area contributed by atoms with Gasteiger partial charge in [-0.05, 0) is 26.0 Å². The predicted molar refractivity (Wildman–Crippen MR) is 87.1 cm³/mol. The molecule has 2 aromatic rings. The van der Waals surface area contributed by atoms with Crippen LogP contribution in [0, 0.1) is 0 Å². The van der Waals surface area contributed by atoms with Gasteiger partial charge in [-0.2, -0.15) is 4.98 Å². The molecule has 0 saturated heterocycles. The molecule has 3 rings (SSSR count). The first kappa shape index (κ1) is 15.6. The van der Waals surface area contributed by atoms with Gasteiger partial charge in [0.15, 0.2) is 5.82 Å². The van der Waals surface area contributed by atoms with E-state index >= 15 is 0 Å². The smallest absolute Gasteiger partial charge is 0.324 e. The monoisotopic (exact) mass is 317 g/mol. The van der Waals surface area contributed by atoms with Gasteiger partial charge in [0.25, 0.3) is 0 Å². The van der Waals surface area contributed by atoms with Crippen LogP contribution in [0.4, 0.5) is 6.01 Å². The topological polar surface area (TPSA) is 60.6 Å². The zero-order valence-corrected chi connectivity index (χ0v) is 14.3. The van der Waals surface area contributed by atoms with Gasteiger partial charge in [0, 0.05) is 17.5 Å². The van der Waals surface area contributed by atoms with E-state index in [2.05, 4.69) is 15.0 Å². The zero-order chi connectivity index (χ0) is 16.6. The summed E-state index contributed by atoms with van der Waals surface area (Å²) in [5.41, 5.74) is 0.685. The highest BCUT2D eigenvalue weighted by Gasteiger charge is 2.32. The van der Waals surface area contributed by atoms with Gasteiger partial charge in [0.05, 0.1) is 20.2 Å². The molecule has 0 saturated carbocycles. The number of benzene rings is 1. The van der Waals surface area contributed by atoms with Crippen molar-refractivity contribution in [2.45, 2.75) is 45.8 Å². The molecule has 0 atom stereocenters. The van der Waals surface area contributed by atoms with E-state index in [0.29, 0.717) is 19.1 Å². The second kappa shape index (κ2) is 5.76. The summed E-state index contributed by atoms with van der Waals surface area (Å²) in [5, 5.41) is 4.06. The van der Waals surface area contributed by atoms with Gasteiger partial charge in [-0.1, -0.05) is 19.0 Å². The van der Waals surface area contributed by atoms with Crippen LogP contribution < -0.4 is 14.4 Å². The van der Waals surface area contributed by atoms with Crippen molar-refractivity contribution in [3.05, 3.63) is 29.6 Å². The van der Waals surface area contributed by atoms with E-state index in [1.54, 1.807) is 7.11 Å². The van der Waals surface area contributed by atoms with Crippen LogP contribution in [-0.2, 0) is 6.54 Å². The Balaban J connectivity index is 1.95. The molecule has 0 radical (unpaired) electrons. The predicted octanol–water partition coefficient (Wildman–Crippen LogP) is 3.38. The minimum atomic E-state index is -0.385. The average Bonchev–Trinajstić information content (AvgIpc) is 2.92. The summed E-state index contributed by atoms with van der Waals surface area (Å²) in [5.74, 6) is 2.58. The maximum atomic E-state index is 6.18. The average molecular weight is 317 g/mol. The summed E-state index contributed by atoms with van der Waals surface area (Å²) in [7, 11) is 1.65. The van der Waals surface area contributed by atoms with Crippen molar-refractivity contribution < 1.29 is 14.0 Å². The largest absolute Gasteiger partial charge is 0.497 e. The molecule has 0 bridgehead atoms. The first-order chi connectivity index (χ1) is 10.9. The number of methoxy groups -OCH3 is 1. The quantitative estimate of drug-likeness (QED) is 0.865. The van der Waals surface area contributed by atoms with Gasteiger partial charge in [-0.15, -0.1) is 0 Å². The maximum Gasteiger partial charge on any atom is 0.324 e. The number of aromatic nitrogens is 2.